The Morgan fingerprint density at radius 2 is 1.12 bits per heavy atom. The van der Waals surface area contributed by atoms with Crippen LogP contribution in [0.1, 0.15) is 11.1 Å². The van der Waals surface area contributed by atoms with Crippen molar-refractivity contribution in [3.63, 3.8) is 0 Å². The molecule has 24 heavy (non-hydrogen) atoms. The maximum atomic E-state index is 2.27. The third-order valence-corrected chi connectivity index (χ3v) is 4.35. The van der Waals surface area contributed by atoms with Crippen LogP contribution in [0, 0.1) is 0 Å². The zero-order valence-corrected chi connectivity index (χ0v) is 15.6. The van der Waals surface area contributed by atoms with Gasteiger partial charge in [-0.2, -0.15) is 4.57 Å². The minimum Gasteiger partial charge on any atom is -1.00 e. The predicted octanol–water partition coefficient (Wildman–Crippen LogP) is 1.99. The van der Waals surface area contributed by atoms with E-state index in [4.69, 9.17) is 0 Å². The van der Waals surface area contributed by atoms with Crippen LogP contribution in [-0.2, 0) is 7.05 Å². The van der Waals surface area contributed by atoms with Gasteiger partial charge < -0.3 is 24.0 Å². The van der Waals surface area contributed by atoms with Crippen molar-refractivity contribution in [2.45, 2.75) is 0 Å². The molecule has 2 heteroatoms. The Morgan fingerprint density at radius 3 is 1.71 bits per heavy atom. The van der Waals surface area contributed by atoms with E-state index in [9.17, 15) is 0 Å². The fraction of sp³-hybridized carbons (Fsp3) is 0.0455. The number of benzene rings is 3. The number of aromatic nitrogens is 1. The fourth-order valence-corrected chi connectivity index (χ4v) is 3.19. The van der Waals surface area contributed by atoms with E-state index in [0.29, 0.717) is 0 Å². The molecule has 0 bridgehead atoms. The highest BCUT2D eigenvalue weighted by atomic mass is 127. The highest BCUT2D eigenvalue weighted by Crippen LogP contribution is 2.26. The van der Waals surface area contributed by atoms with Crippen LogP contribution in [-0.4, -0.2) is 0 Å². The van der Waals surface area contributed by atoms with Gasteiger partial charge in [-0.3, -0.25) is 0 Å². The molecule has 0 N–H and O–H groups in total. The van der Waals surface area contributed by atoms with Crippen molar-refractivity contribution in [3.8, 4) is 0 Å². The van der Waals surface area contributed by atoms with Gasteiger partial charge in [-0.1, -0.05) is 66.7 Å². The topological polar surface area (TPSA) is 3.88 Å². The van der Waals surface area contributed by atoms with E-state index in [1.807, 2.05) is 6.07 Å². The molecule has 0 aliphatic rings. The number of para-hydroxylation sites is 2. The van der Waals surface area contributed by atoms with E-state index in [0.717, 1.165) is 0 Å². The van der Waals surface area contributed by atoms with Crippen molar-refractivity contribution >= 4 is 34.0 Å². The maximum absolute atomic E-state index is 2.27. The average Bonchev–Trinajstić information content (AvgIpc) is 2.63. The molecule has 0 aliphatic carbocycles. The summed E-state index contributed by atoms with van der Waals surface area (Å²) in [4.78, 5) is 0. The summed E-state index contributed by atoms with van der Waals surface area (Å²) in [5.41, 5.74) is 4.99. The molecule has 0 saturated heterocycles. The van der Waals surface area contributed by atoms with Gasteiger partial charge >= 0.3 is 0 Å². The molecule has 1 aromatic heterocycles. The van der Waals surface area contributed by atoms with E-state index < -0.39 is 0 Å². The molecule has 1 nitrogen and oxygen atoms in total. The molecule has 0 radical (unpaired) electrons. The van der Waals surface area contributed by atoms with E-state index in [1.165, 1.54) is 32.9 Å². The summed E-state index contributed by atoms with van der Waals surface area (Å²) in [7, 11) is 2.13. The molecule has 4 aromatic rings. The Kier molecular flexibility index (Phi) is 4.95. The van der Waals surface area contributed by atoms with Crippen LogP contribution in [0.3, 0.4) is 0 Å². The van der Waals surface area contributed by atoms with Crippen molar-refractivity contribution in [1.82, 2.24) is 0 Å². The first-order valence-corrected chi connectivity index (χ1v) is 7.87. The number of pyridine rings is 1. The number of nitrogens with zero attached hydrogens (tertiary/aromatic N) is 1. The van der Waals surface area contributed by atoms with E-state index >= 15 is 0 Å². The predicted molar refractivity (Wildman–Crippen MR) is 98.0 cm³/mol. The lowest BCUT2D eigenvalue weighted by molar-refractivity contribution is -0.617. The van der Waals surface area contributed by atoms with Crippen molar-refractivity contribution in [3.05, 3.63) is 90.0 Å². The van der Waals surface area contributed by atoms with Gasteiger partial charge in [0, 0.05) is 17.7 Å². The monoisotopic (exact) mass is 423 g/mol. The second-order valence-corrected chi connectivity index (χ2v) is 5.75. The summed E-state index contributed by atoms with van der Waals surface area (Å²) in [5.74, 6) is 0. The molecule has 0 saturated carbocycles. The minimum absolute atomic E-state index is 0. The van der Waals surface area contributed by atoms with Gasteiger partial charge in [-0.25, -0.2) is 0 Å². The molecular weight excluding hydrogens is 405 g/mol. The van der Waals surface area contributed by atoms with Crippen molar-refractivity contribution in [2.75, 3.05) is 0 Å². The highest BCUT2D eigenvalue weighted by Gasteiger charge is 2.15. The summed E-state index contributed by atoms with van der Waals surface area (Å²) >= 11 is 0. The number of fused-ring (bicyclic) bond motifs is 2. The molecule has 0 aliphatic heterocycles. The first kappa shape index (κ1) is 16.7. The standard InChI is InChI=1S/C22H18N.HI/c1-23-21-13-7-5-11-19(21)18(20-12-6-8-14-22(20)23)16-15-17-9-3-2-4-10-17;/h2-16H,1H3;1H/q+1;/p-1/b16-15+;. The summed E-state index contributed by atoms with van der Waals surface area (Å²) in [6.07, 6.45) is 4.42. The van der Waals surface area contributed by atoms with Crippen LogP contribution in [0.5, 0.6) is 0 Å². The van der Waals surface area contributed by atoms with Gasteiger partial charge in [0.1, 0.15) is 7.05 Å². The van der Waals surface area contributed by atoms with Crippen LogP contribution in [0.25, 0.3) is 34.0 Å². The smallest absolute Gasteiger partial charge is 0.213 e. The summed E-state index contributed by atoms with van der Waals surface area (Å²) in [6, 6.07) is 27.6. The fourth-order valence-electron chi connectivity index (χ4n) is 3.19. The van der Waals surface area contributed by atoms with E-state index in [1.54, 1.807) is 0 Å². The maximum Gasteiger partial charge on any atom is 0.213 e. The molecule has 0 fully saturated rings. The number of hydrogen-bond donors (Lipinski definition) is 0. The van der Waals surface area contributed by atoms with Crippen molar-refractivity contribution in [1.29, 1.82) is 0 Å². The van der Waals surface area contributed by atoms with Gasteiger partial charge in [0.15, 0.2) is 0 Å². The molecule has 0 spiro atoms. The average molecular weight is 423 g/mol. The first-order chi connectivity index (χ1) is 11.3. The van der Waals surface area contributed by atoms with Crippen LogP contribution in [0.2, 0.25) is 0 Å². The van der Waals surface area contributed by atoms with Gasteiger partial charge in [0.05, 0.1) is 10.8 Å². The quantitative estimate of drug-likeness (QED) is 0.264. The zero-order valence-electron chi connectivity index (χ0n) is 13.5. The molecular formula is C22H18IN. The SMILES string of the molecule is C[n+]1c2ccccc2c(/C=C/c2ccccc2)c2ccccc21.[I-]. The number of halogens is 1. The normalized spacial score (nSPS) is 11.0. The van der Waals surface area contributed by atoms with Crippen LogP contribution in [0.4, 0.5) is 0 Å². The van der Waals surface area contributed by atoms with Crippen LogP contribution in [0.15, 0.2) is 78.9 Å². The van der Waals surface area contributed by atoms with E-state index in [2.05, 4.69) is 96.6 Å². The molecule has 3 aromatic carbocycles. The van der Waals surface area contributed by atoms with Gasteiger partial charge in [-0.05, 0) is 17.7 Å². The first-order valence-electron chi connectivity index (χ1n) is 7.87. The van der Waals surface area contributed by atoms with Gasteiger partial charge in [-0.15, -0.1) is 0 Å². The lowest BCUT2D eigenvalue weighted by Gasteiger charge is -2.07. The Balaban J connectivity index is 0.00000169. The summed E-state index contributed by atoms with van der Waals surface area (Å²) in [5, 5.41) is 2.56. The Hall–Kier alpha value is -2.20. The van der Waals surface area contributed by atoms with Crippen molar-refractivity contribution < 1.29 is 28.5 Å². The molecule has 118 valence electrons. The minimum atomic E-state index is 0. The molecule has 0 amide bonds. The Morgan fingerprint density at radius 1 is 0.625 bits per heavy atom. The highest BCUT2D eigenvalue weighted by molar-refractivity contribution is 6.01. The lowest BCUT2D eigenvalue weighted by atomic mass is 10.0. The zero-order chi connectivity index (χ0) is 15.6. The van der Waals surface area contributed by atoms with Crippen molar-refractivity contribution in [2.24, 2.45) is 7.05 Å². The summed E-state index contributed by atoms with van der Waals surface area (Å²) < 4.78 is 2.27. The number of hydrogen-bond acceptors (Lipinski definition) is 0. The second kappa shape index (κ2) is 7.14. The summed E-state index contributed by atoms with van der Waals surface area (Å²) in [6.45, 7) is 0. The lowest BCUT2D eigenvalue weighted by Crippen LogP contribution is -3.00. The third kappa shape index (κ3) is 2.94. The molecule has 1 heterocycles. The third-order valence-electron chi connectivity index (χ3n) is 4.35. The van der Waals surface area contributed by atoms with Crippen LogP contribution >= 0.6 is 0 Å². The molecule has 0 unspecified atom stereocenters. The Bertz CT molecular complexity index is 963. The number of rotatable bonds is 2. The molecule has 4 rings (SSSR count). The second-order valence-electron chi connectivity index (χ2n) is 5.75. The number of aryl methyl sites for hydroxylation is 1. The van der Waals surface area contributed by atoms with Crippen LogP contribution < -0.4 is 28.5 Å². The largest absolute Gasteiger partial charge is 1.00 e. The van der Waals surface area contributed by atoms with E-state index in [-0.39, 0.29) is 24.0 Å². The van der Waals surface area contributed by atoms with Gasteiger partial charge in [0.25, 0.3) is 0 Å². The molecule has 0 atom stereocenters. The Labute approximate surface area is 159 Å². The van der Waals surface area contributed by atoms with Gasteiger partial charge in [0.2, 0.25) is 11.0 Å².